The highest BCUT2D eigenvalue weighted by molar-refractivity contribution is 5.99. The zero-order valence-corrected chi connectivity index (χ0v) is 9.19. The second kappa shape index (κ2) is 3.07. The minimum absolute atomic E-state index is 0.0140. The van der Waals surface area contributed by atoms with Gasteiger partial charge in [-0.15, -0.1) is 0 Å². The maximum atomic E-state index is 12.0. The number of aliphatic hydroxyl groups is 1. The Morgan fingerprint density at radius 1 is 1.33 bits per heavy atom. The van der Waals surface area contributed by atoms with E-state index < -0.39 is 5.72 Å². The number of fused-ring (bicyclic) bond motifs is 1. The van der Waals surface area contributed by atoms with Crippen LogP contribution in [0.5, 0.6) is 0 Å². The van der Waals surface area contributed by atoms with Gasteiger partial charge in [-0.25, -0.2) is 0 Å². The molecule has 0 saturated carbocycles. The fourth-order valence-electron chi connectivity index (χ4n) is 2.28. The van der Waals surface area contributed by atoms with Gasteiger partial charge in [0.1, 0.15) is 0 Å². The quantitative estimate of drug-likeness (QED) is 0.758. The zero-order valence-electron chi connectivity index (χ0n) is 9.19. The van der Waals surface area contributed by atoms with Gasteiger partial charge in [0, 0.05) is 17.2 Å². The van der Waals surface area contributed by atoms with Crippen molar-refractivity contribution in [3.8, 4) is 0 Å². The predicted molar refractivity (Wildman–Crippen MR) is 57.3 cm³/mol. The minimum Gasteiger partial charge on any atom is -0.367 e. The summed E-state index contributed by atoms with van der Waals surface area (Å²) in [7, 11) is 0. The van der Waals surface area contributed by atoms with Crippen LogP contribution in [0.25, 0.3) is 0 Å². The molecule has 80 valence electrons. The van der Waals surface area contributed by atoms with Gasteiger partial charge in [0.25, 0.3) is 5.91 Å². The average Bonchev–Trinajstić information content (AvgIpc) is 2.36. The zero-order chi connectivity index (χ0) is 11.2. The van der Waals surface area contributed by atoms with E-state index in [0.29, 0.717) is 11.1 Å². The summed E-state index contributed by atoms with van der Waals surface area (Å²) in [6.45, 7) is 5.47. The van der Waals surface area contributed by atoms with Gasteiger partial charge < -0.3 is 10.0 Å². The van der Waals surface area contributed by atoms with Crippen molar-refractivity contribution in [2.75, 3.05) is 0 Å². The first-order chi connectivity index (χ1) is 6.96. The second-order valence-electron chi connectivity index (χ2n) is 4.34. The molecule has 1 aliphatic heterocycles. The SMILES string of the molecule is CC(C)N1C(=O)c2ccccc2C1(C)O. The lowest BCUT2D eigenvalue weighted by Gasteiger charge is -2.34. The molecule has 1 unspecified atom stereocenters. The maximum absolute atomic E-state index is 12.0. The van der Waals surface area contributed by atoms with Crippen molar-refractivity contribution in [1.82, 2.24) is 4.90 Å². The molecule has 1 aliphatic rings. The van der Waals surface area contributed by atoms with Crippen molar-refractivity contribution in [2.45, 2.75) is 32.5 Å². The van der Waals surface area contributed by atoms with Crippen molar-refractivity contribution in [1.29, 1.82) is 0 Å². The van der Waals surface area contributed by atoms with Crippen LogP contribution in [0.15, 0.2) is 24.3 Å². The van der Waals surface area contributed by atoms with Crippen LogP contribution >= 0.6 is 0 Å². The Bertz CT molecular complexity index is 410. The van der Waals surface area contributed by atoms with Crippen molar-refractivity contribution in [2.24, 2.45) is 0 Å². The molecule has 1 heterocycles. The van der Waals surface area contributed by atoms with E-state index in [9.17, 15) is 9.90 Å². The largest absolute Gasteiger partial charge is 0.367 e. The molecule has 0 spiro atoms. The molecular formula is C12H15NO2. The summed E-state index contributed by atoms with van der Waals surface area (Å²) in [6.07, 6.45) is 0. The van der Waals surface area contributed by atoms with E-state index in [4.69, 9.17) is 0 Å². The fourth-order valence-corrected chi connectivity index (χ4v) is 2.28. The first-order valence-electron chi connectivity index (χ1n) is 5.12. The minimum atomic E-state index is -1.18. The first-order valence-corrected chi connectivity index (χ1v) is 5.12. The normalized spacial score (nSPS) is 24.9. The Kier molecular flexibility index (Phi) is 2.08. The Morgan fingerprint density at radius 3 is 2.47 bits per heavy atom. The number of rotatable bonds is 1. The fraction of sp³-hybridized carbons (Fsp3) is 0.417. The molecule has 3 nitrogen and oxygen atoms in total. The molecule has 0 fully saturated rings. The molecule has 1 N–H and O–H groups in total. The van der Waals surface area contributed by atoms with Crippen LogP contribution in [0.3, 0.4) is 0 Å². The molecule has 0 saturated heterocycles. The Labute approximate surface area is 89.3 Å². The molecule has 0 aromatic heterocycles. The number of benzene rings is 1. The summed E-state index contributed by atoms with van der Waals surface area (Å²) in [5.41, 5.74) is 0.127. The van der Waals surface area contributed by atoms with E-state index in [1.807, 2.05) is 26.0 Å². The van der Waals surface area contributed by atoms with Crippen LogP contribution < -0.4 is 0 Å². The summed E-state index contributed by atoms with van der Waals surface area (Å²) in [5.74, 6) is -0.0920. The van der Waals surface area contributed by atoms with Crippen molar-refractivity contribution in [3.63, 3.8) is 0 Å². The van der Waals surface area contributed by atoms with E-state index in [2.05, 4.69) is 0 Å². The summed E-state index contributed by atoms with van der Waals surface area (Å²) < 4.78 is 0. The molecule has 1 aromatic carbocycles. The van der Waals surface area contributed by atoms with Gasteiger partial charge in [-0.05, 0) is 26.8 Å². The average molecular weight is 205 g/mol. The molecule has 2 rings (SSSR count). The van der Waals surface area contributed by atoms with Gasteiger partial charge in [0.2, 0.25) is 0 Å². The third-order valence-corrected chi connectivity index (χ3v) is 2.87. The van der Waals surface area contributed by atoms with Gasteiger partial charge in [0.15, 0.2) is 5.72 Å². The molecule has 1 atom stereocenters. The van der Waals surface area contributed by atoms with E-state index in [1.165, 1.54) is 4.90 Å². The molecule has 1 aromatic rings. The lowest BCUT2D eigenvalue weighted by molar-refractivity contribution is -0.0817. The molecule has 0 aliphatic carbocycles. The standard InChI is InChI=1S/C12H15NO2/c1-8(2)13-11(14)9-6-4-5-7-10(9)12(13,3)15/h4-8,15H,1-3H3. The Morgan fingerprint density at radius 2 is 1.93 bits per heavy atom. The summed E-state index contributed by atoms with van der Waals surface area (Å²) in [6, 6.07) is 7.20. The Hall–Kier alpha value is -1.35. The molecule has 0 bridgehead atoms. The first kappa shape index (κ1) is 10.2. The highest BCUT2D eigenvalue weighted by atomic mass is 16.3. The van der Waals surface area contributed by atoms with Crippen LogP contribution in [0.1, 0.15) is 36.7 Å². The van der Waals surface area contributed by atoms with E-state index in [-0.39, 0.29) is 11.9 Å². The van der Waals surface area contributed by atoms with Crippen molar-refractivity contribution in [3.05, 3.63) is 35.4 Å². The number of hydrogen-bond acceptors (Lipinski definition) is 2. The molecule has 3 heteroatoms. The highest BCUT2D eigenvalue weighted by Crippen LogP contribution is 2.37. The highest BCUT2D eigenvalue weighted by Gasteiger charge is 2.45. The van der Waals surface area contributed by atoms with Crippen LogP contribution in [0.2, 0.25) is 0 Å². The Balaban J connectivity index is 2.60. The van der Waals surface area contributed by atoms with Crippen molar-refractivity contribution >= 4 is 5.91 Å². The summed E-state index contributed by atoms with van der Waals surface area (Å²) in [4.78, 5) is 13.5. The van der Waals surface area contributed by atoms with Gasteiger partial charge in [-0.3, -0.25) is 4.79 Å². The van der Waals surface area contributed by atoms with E-state index >= 15 is 0 Å². The third-order valence-electron chi connectivity index (χ3n) is 2.87. The van der Waals surface area contributed by atoms with E-state index in [1.54, 1.807) is 19.1 Å². The summed E-state index contributed by atoms with van der Waals surface area (Å²) >= 11 is 0. The van der Waals surface area contributed by atoms with Crippen LogP contribution in [0.4, 0.5) is 0 Å². The van der Waals surface area contributed by atoms with E-state index in [0.717, 1.165) is 0 Å². The predicted octanol–water partition coefficient (Wildman–Crippen LogP) is 1.72. The molecule has 1 amide bonds. The number of hydrogen-bond donors (Lipinski definition) is 1. The lowest BCUT2D eigenvalue weighted by atomic mass is 10.0. The number of carbonyl (C=O) groups excluding carboxylic acids is 1. The summed E-state index contributed by atoms with van der Waals surface area (Å²) in [5, 5.41) is 10.4. The molecular weight excluding hydrogens is 190 g/mol. The topological polar surface area (TPSA) is 40.5 Å². The second-order valence-corrected chi connectivity index (χ2v) is 4.34. The van der Waals surface area contributed by atoms with Gasteiger partial charge >= 0.3 is 0 Å². The monoisotopic (exact) mass is 205 g/mol. The van der Waals surface area contributed by atoms with Crippen LogP contribution in [-0.2, 0) is 5.72 Å². The van der Waals surface area contributed by atoms with Gasteiger partial charge in [-0.2, -0.15) is 0 Å². The smallest absolute Gasteiger partial charge is 0.257 e. The third kappa shape index (κ3) is 1.27. The number of carbonyl (C=O) groups is 1. The number of amides is 1. The van der Waals surface area contributed by atoms with Crippen LogP contribution in [-0.4, -0.2) is 22.0 Å². The van der Waals surface area contributed by atoms with Gasteiger partial charge in [0.05, 0.1) is 0 Å². The van der Waals surface area contributed by atoms with Gasteiger partial charge in [-0.1, -0.05) is 18.2 Å². The van der Waals surface area contributed by atoms with Crippen LogP contribution in [0, 0.1) is 0 Å². The molecule has 0 radical (unpaired) electrons. The van der Waals surface area contributed by atoms with Crippen molar-refractivity contribution < 1.29 is 9.90 Å². The maximum Gasteiger partial charge on any atom is 0.257 e. The number of nitrogens with zero attached hydrogens (tertiary/aromatic N) is 1. The molecule has 15 heavy (non-hydrogen) atoms. The lowest BCUT2D eigenvalue weighted by Crippen LogP contribution is -2.45.